The third-order valence-corrected chi connectivity index (χ3v) is 5.95. The highest BCUT2D eigenvalue weighted by Gasteiger charge is 2.40. The molecule has 5 aliphatic heterocycles. The summed E-state index contributed by atoms with van der Waals surface area (Å²) in [6, 6.07) is 4.00. The quantitative estimate of drug-likeness (QED) is 0.765. The molecule has 3 unspecified atom stereocenters. The normalized spacial score (nSPS) is 31.6. The first-order valence-corrected chi connectivity index (χ1v) is 8.97. The number of amides is 2. The number of hydrogen-bond donors (Lipinski definition) is 2. The molecule has 2 bridgehead atoms. The molecule has 132 valence electrons. The summed E-state index contributed by atoms with van der Waals surface area (Å²) in [5.74, 6) is -0.607. The minimum Gasteiger partial charge on any atom is -0.366 e. The first-order chi connectivity index (χ1) is 12.1. The Morgan fingerprint density at radius 1 is 1.12 bits per heavy atom. The van der Waals surface area contributed by atoms with Crippen molar-refractivity contribution in [3.05, 3.63) is 29.1 Å². The fourth-order valence-corrected chi connectivity index (χ4v) is 4.74. The molecule has 5 heterocycles. The molecule has 7 heteroatoms. The van der Waals surface area contributed by atoms with Gasteiger partial charge in [0.15, 0.2) is 0 Å². The number of carbonyl (C=O) groups excluding carboxylic acids is 2. The second kappa shape index (κ2) is 5.51. The SMILES string of the molecule is O=C1CCC(N2Cc3ccc(F)c(N4CC5CC(C4)N5)c3C2)C(=O)N1. The lowest BCUT2D eigenvalue weighted by Gasteiger charge is -2.49. The van der Waals surface area contributed by atoms with E-state index >= 15 is 0 Å². The molecule has 3 atom stereocenters. The number of anilines is 1. The van der Waals surface area contributed by atoms with Gasteiger partial charge in [0.1, 0.15) is 5.82 Å². The van der Waals surface area contributed by atoms with Crippen LogP contribution in [0.15, 0.2) is 12.1 Å². The number of carbonyl (C=O) groups is 2. The highest BCUT2D eigenvalue weighted by atomic mass is 19.1. The third kappa shape index (κ3) is 2.45. The Kier molecular flexibility index (Phi) is 3.36. The largest absolute Gasteiger partial charge is 0.366 e. The van der Waals surface area contributed by atoms with Crippen molar-refractivity contribution in [2.45, 2.75) is 50.5 Å². The van der Waals surface area contributed by atoms with Gasteiger partial charge in [-0.25, -0.2) is 4.39 Å². The molecule has 0 spiro atoms. The van der Waals surface area contributed by atoms with E-state index in [0.717, 1.165) is 24.2 Å². The van der Waals surface area contributed by atoms with Crippen LogP contribution in [-0.4, -0.2) is 47.9 Å². The molecular formula is C18H21FN4O2. The molecule has 0 saturated carbocycles. The Labute approximate surface area is 145 Å². The fourth-order valence-electron chi connectivity index (χ4n) is 4.74. The molecule has 1 aromatic carbocycles. The first kappa shape index (κ1) is 15.3. The number of nitrogens with one attached hydrogen (secondary N) is 2. The zero-order valence-corrected chi connectivity index (χ0v) is 13.9. The Hall–Kier alpha value is -1.99. The summed E-state index contributed by atoms with van der Waals surface area (Å²) in [5, 5.41) is 5.90. The van der Waals surface area contributed by atoms with Gasteiger partial charge in [-0.15, -0.1) is 0 Å². The van der Waals surface area contributed by atoms with Gasteiger partial charge in [-0.3, -0.25) is 19.8 Å². The van der Waals surface area contributed by atoms with E-state index in [0.29, 0.717) is 43.7 Å². The second-order valence-corrected chi connectivity index (χ2v) is 7.61. The van der Waals surface area contributed by atoms with Gasteiger partial charge in [0.25, 0.3) is 0 Å². The summed E-state index contributed by atoms with van der Waals surface area (Å²) < 4.78 is 14.7. The maximum atomic E-state index is 14.7. The van der Waals surface area contributed by atoms with Crippen LogP contribution in [0.3, 0.4) is 0 Å². The monoisotopic (exact) mass is 344 g/mol. The Bertz CT molecular complexity index is 752. The van der Waals surface area contributed by atoms with E-state index in [2.05, 4.69) is 20.4 Å². The molecule has 4 saturated heterocycles. The van der Waals surface area contributed by atoms with E-state index in [-0.39, 0.29) is 23.7 Å². The minimum absolute atomic E-state index is 0.176. The number of piperazine rings is 1. The van der Waals surface area contributed by atoms with Crippen LogP contribution in [0.2, 0.25) is 0 Å². The number of nitrogens with zero attached hydrogens (tertiary/aromatic N) is 2. The van der Waals surface area contributed by atoms with Gasteiger partial charge in [-0.2, -0.15) is 0 Å². The second-order valence-electron chi connectivity index (χ2n) is 7.61. The lowest BCUT2D eigenvalue weighted by Crippen LogP contribution is -2.67. The van der Waals surface area contributed by atoms with Gasteiger partial charge in [0, 0.05) is 44.7 Å². The summed E-state index contributed by atoms with van der Waals surface area (Å²) in [4.78, 5) is 27.8. The van der Waals surface area contributed by atoms with E-state index in [1.807, 2.05) is 6.07 Å². The number of benzene rings is 1. The Morgan fingerprint density at radius 3 is 2.60 bits per heavy atom. The van der Waals surface area contributed by atoms with Gasteiger partial charge in [0.05, 0.1) is 11.7 Å². The lowest BCUT2D eigenvalue weighted by molar-refractivity contribution is -0.137. The fraction of sp³-hybridized carbons (Fsp3) is 0.556. The highest BCUT2D eigenvalue weighted by Crippen LogP contribution is 2.38. The number of fused-ring (bicyclic) bond motifs is 3. The standard InChI is InChI=1S/C18H21FN4O2/c19-14-2-1-10-6-22(15-3-4-16(24)21-18(15)25)9-13(10)17(14)23-7-11-5-12(8-23)20-11/h1-2,11-12,15,20H,3-9H2,(H,21,24,25). The summed E-state index contributed by atoms with van der Waals surface area (Å²) in [5.41, 5.74) is 2.81. The summed E-state index contributed by atoms with van der Waals surface area (Å²) in [6.45, 7) is 2.87. The third-order valence-electron chi connectivity index (χ3n) is 5.95. The van der Waals surface area contributed by atoms with Crippen LogP contribution in [0, 0.1) is 5.82 Å². The molecule has 2 N–H and O–H groups in total. The molecule has 1 aromatic rings. The number of halogens is 1. The van der Waals surface area contributed by atoms with Crippen molar-refractivity contribution in [3.8, 4) is 0 Å². The van der Waals surface area contributed by atoms with Crippen LogP contribution in [0.25, 0.3) is 0 Å². The van der Waals surface area contributed by atoms with Crippen molar-refractivity contribution in [1.29, 1.82) is 0 Å². The van der Waals surface area contributed by atoms with Gasteiger partial charge >= 0.3 is 0 Å². The van der Waals surface area contributed by atoms with E-state index in [1.165, 1.54) is 6.42 Å². The van der Waals surface area contributed by atoms with Crippen molar-refractivity contribution in [2.24, 2.45) is 0 Å². The van der Waals surface area contributed by atoms with Crippen molar-refractivity contribution in [1.82, 2.24) is 15.5 Å². The number of hydrogen-bond acceptors (Lipinski definition) is 5. The van der Waals surface area contributed by atoms with Crippen molar-refractivity contribution in [2.75, 3.05) is 18.0 Å². The average molecular weight is 344 g/mol. The Morgan fingerprint density at radius 2 is 1.88 bits per heavy atom. The van der Waals surface area contributed by atoms with Crippen LogP contribution in [-0.2, 0) is 22.7 Å². The van der Waals surface area contributed by atoms with Crippen LogP contribution in [0.5, 0.6) is 0 Å². The van der Waals surface area contributed by atoms with Gasteiger partial charge in [-0.05, 0) is 30.0 Å². The molecule has 6 rings (SSSR count). The van der Waals surface area contributed by atoms with E-state index in [1.54, 1.807) is 6.07 Å². The number of imide groups is 1. The molecule has 2 amide bonds. The van der Waals surface area contributed by atoms with E-state index in [4.69, 9.17) is 0 Å². The Balaban J connectivity index is 1.42. The molecule has 0 aliphatic carbocycles. The van der Waals surface area contributed by atoms with Gasteiger partial charge in [0.2, 0.25) is 11.8 Å². The maximum absolute atomic E-state index is 14.7. The zero-order chi connectivity index (χ0) is 17.1. The first-order valence-electron chi connectivity index (χ1n) is 8.97. The minimum atomic E-state index is -0.308. The smallest absolute Gasteiger partial charge is 0.243 e. The summed E-state index contributed by atoms with van der Waals surface area (Å²) in [7, 11) is 0. The molecule has 6 nitrogen and oxygen atoms in total. The molecular weight excluding hydrogens is 323 g/mol. The average Bonchev–Trinajstić information content (AvgIpc) is 2.97. The van der Waals surface area contributed by atoms with Crippen LogP contribution in [0.1, 0.15) is 30.4 Å². The van der Waals surface area contributed by atoms with Crippen molar-refractivity contribution < 1.29 is 14.0 Å². The van der Waals surface area contributed by atoms with Crippen LogP contribution >= 0.6 is 0 Å². The van der Waals surface area contributed by atoms with E-state index < -0.39 is 0 Å². The van der Waals surface area contributed by atoms with Crippen molar-refractivity contribution >= 4 is 17.5 Å². The summed E-state index contributed by atoms with van der Waals surface area (Å²) in [6.07, 6.45) is 2.08. The van der Waals surface area contributed by atoms with Crippen LogP contribution < -0.4 is 15.5 Å². The number of rotatable bonds is 2. The van der Waals surface area contributed by atoms with Crippen molar-refractivity contribution in [3.63, 3.8) is 0 Å². The predicted octanol–water partition coefficient (Wildman–Crippen LogP) is 0.497. The predicted molar refractivity (Wildman–Crippen MR) is 89.4 cm³/mol. The zero-order valence-electron chi connectivity index (χ0n) is 13.9. The topological polar surface area (TPSA) is 64.7 Å². The maximum Gasteiger partial charge on any atom is 0.243 e. The molecule has 4 fully saturated rings. The molecule has 0 radical (unpaired) electrons. The molecule has 25 heavy (non-hydrogen) atoms. The molecule has 5 aliphatic rings. The van der Waals surface area contributed by atoms with Gasteiger partial charge < -0.3 is 10.2 Å². The van der Waals surface area contributed by atoms with Crippen LogP contribution in [0.4, 0.5) is 10.1 Å². The number of piperidine rings is 2. The molecule has 0 aromatic heterocycles. The highest BCUT2D eigenvalue weighted by molar-refractivity contribution is 6.00. The lowest BCUT2D eigenvalue weighted by atomic mass is 9.90. The van der Waals surface area contributed by atoms with E-state index in [9.17, 15) is 14.0 Å². The van der Waals surface area contributed by atoms with Gasteiger partial charge in [-0.1, -0.05) is 6.07 Å². The summed E-state index contributed by atoms with van der Waals surface area (Å²) >= 11 is 0.